The van der Waals surface area contributed by atoms with E-state index in [1.807, 2.05) is 6.92 Å². The Morgan fingerprint density at radius 3 is 2.19 bits per heavy atom. The second-order valence-corrected chi connectivity index (χ2v) is 10.6. The third-order valence-corrected chi connectivity index (χ3v) is 7.73. The second kappa shape index (κ2) is 5.29. The lowest BCUT2D eigenvalue weighted by atomic mass is 10.2. The van der Waals surface area contributed by atoms with Gasteiger partial charge in [-0.2, -0.15) is 0 Å². The Hall–Kier alpha value is -0.393. The molecule has 0 fully saturated rings. The van der Waals surface area contributed by atoms with E-state index < -0.39 is 8.32 Å². The average molecular weight is 247 g/mol. The van der Waals surface area contributed by atoms with Crippen LogP contribution in [0.25, 0.3) is 0 Å². The van der Waals surface area contributed by atoms with Crippen LogP contribution in [0.3, 0.4) is 0 Å². The summed E-state index contributed by atoms with van der Waals surface area (Å²) in [6.45, 7) is 12.7. The van der Waals surface area contributed by atoms with Crippen LogP contribution < -0.4 is 0 Å². The molecule has 96 valence electrons. The summed E-state index contributed by atoms with van der Waals surface area (Å²) in [6, 6.07) is 0. The molecule has 0 rings (SSSR count). The van der Waals surface area contributed by atoms with Crippen molar-refractivity contribution in [3.63, 3.8) is 0 Å². The molecule has 1 N–H and O–H groups in total. The third kappa shape index (κ3) is 4.63. The zero-order valence-corrected chi connectivity index (χ0v) is 12.5. The van der Waals surface area contributed by atoms with Crippen molar-refractivity contribution in [3.05, 3.63) is 0 Å². The van der Waals surface area contributed by atoms with Crippen LogP contribution in [0.5, 0.6) is 0 Å². The van der Waals surface area contributed by atoms with E-state index >= 15 is 0 Å². The minimum absolute atomic E-state index is 0.134. The molecule has 0 bridgehead atoms. The Morgan fingerprint density at radius 2 is 1.88 bits per heavy atom. The predicted octanol–water partition coefficient (Wildman–Crippen LogP) is 2.63. The zero-order valence-electron chi connectivity index (χ0n) is 11.5. The molecule has 0 saturated heterocycles. The highest BCUT2D eigenvalue weighted by Crippen LogP contribution is 2.37. The average Bonchev–Trinajstić information content (AvgIpc) is 1.99. The molecule has 0 unspecified atom stereocenters. The Kier molecular flexibility index (Phi) is 5.16. The highest BCUT2D eigenvalue weighted by atomic mass is 28.4. The van der Waals surface area contributed by atoms with Crippen molar-refractivity contribution in [2.45, 2.75) is 58.4 Å². The molecule has 1 amide bonds. The quantitative estimate of drug-likeness (QED) is 0.472. The smallest absolute Gasteiger partial charge is 0.248 e. The van der Waals surface area contributed by atoms with Gasteiger partial charge in [0.25, 0.3) is 0 Å². The fourth-order valence-corrected chi connectivity index (χ4v) is 2.54. The zero-order chi connectivity index (χ0) is 13.1. The van der Waals surface area contributed by atoms with Gasteiger partial charge in [-0.15, -0.1) is 0 Å². The van der Waals surface area contributed by atoms with Gasteiger partial charge in [0.1, 0.15) is 0 Å². The van der Waals surface area contributed by atoms with E-state index in [2.05, 4.69) is 33.9 Å². The summed E-state index contributed by atoms with van der Waals surface area (Å²) < 4.78 is 6.00. The summed E-state index contributed by atoms with van der Waals surface area (Å²) in [5.41, 5.74) is 0. The molecule has 0 aromatic carbocycles. The molecule has 0 aromatic rings. The molecule has 1 atom stereocenters. The molecule has 0 saturated carbocycles. The molecule has 0 heterocycles. The van der Waals surface area contributed by atoms with Crippen molar-refractivity contribution in [1.82, 2.24) is 5.06 Å². The van der Waals surface area contributed by atoms with E-state index in [-0.39, 0.29) is 23.5 Å². The van der Waals surface area contributed by atoms with E-state index in [0.717, 1.165) is 0 Å². The molecule has 0 aliphatic rings. The number of carbonyl (C=O) groups is 1. The van der Waals surface area contributed by atoms with Gasteiger partial charge in [0.05, 0.1) is 12.5 Å². The van der Waals surface area contributed by atoms with Gasteiger partial charge in [-0.05, 0) is 25.1 Å². The number of nitrogens with zero attached hydrogens (tertiary/aromatic N) is 1. The lowest BCUT2D eigenvalue weighted by Crippen LogP contribution is -2.44. The van der Waals surface area contributed by atoms with Crippen LogP contribution in [0.2, 0.25) is 18.1 Å². The van der Waals surface area contributed by atoms with Crippen molar-refractivity contribution in [3.8, 4) is 0 Å². The maximum Gasteiger partial charge on any atom is 0.248 e. The number of carbonyl (C=O) groups excluding carboxylic acids is 1. The highest BCUT2D eigenvalue weighted by Gasteiger charge is 2.38. The summed E-state index contributed by atoms with van der Waals surface area (Å²) >= 11 is 0. The molecule has 0 spiro atoms. The fourth-order valence-electron chi connectivity index (χ4n) is 1.10. The van der Waals surface area contributed by atoms with Crippen molar-refractivity contribution in [2.75, 3.05) is 7.05 Å². The summed E-state index contributed by atoms with van der Waals surface area (Å²) in [6.07, 6.45) is 0.0717. The molecule has 0 radical (unpaired) electrons. The van der Waals surface area contributed by atoms with Gasteiger partial charge < -0.3 is 4.43 Å². The highest BCUT2D eigenvalue weighted by molar-refractivity contribution is 6.74. The van der Waals surface area contributed by atoms with Crippen LogP contribution in [-0.4, -0.2) is 37.6 Å². The third-order valence-electron chi connectivity index (χ3n) is 3.13. The van der Waals surface area contributed by atoms with Gasteiger partial charge in [-0.25, -0.2) is 5.06 Å². The summed E-state index contributed by atoms with van der Waals surface area (Å²) in [5, 5.41) is 9.72. The molecule has 5 heteroatoms. The van der Waals surface area contributed by atoms with Crippen molar-refractivity contribution >= 4 is 14.2 Å². The van der Waals surface area contributed by atoms with E-state index in [1.165, 1.54) is 7.05 Å². The van der Waals surface area contributed by atoms with Gasteiger partial charge in [-0.1, -0.05) is 20.8 Å². The van der Waals surface area contributed by atoms with Gasteiger partial charge in [0, 0.05) is 7.05 Å². The summed E-state index contributed by atoms with van der Waals surface area (Å²) in [4.78, 5) is 11.3. The number of rotatable bonds is 4. The largest absolute Gasteiger partial charge is 0.414 e. The van der Waals surface area contributed by atoms with Crippen LogP contribution in [0.15, 0.2) is 0 Å². The SMILES string of the molecule is C[C@H](CC(=O)N(C)O)O[Si](C)(C)C(C)(C)C. The topological polar surface area (TPSA) is 49.8 Å². The van der Waals surface area contributed by atoms with E-state index in [0.29, 0.717) is 5.06 Å². The normalized spacial score (nSPS) is 14.8. The van der Waals surface area contributed by atoms with Gasteiger partial charge >= 0.3 is 0 Å². The van der Waals surface area contributed by atoms with Crippen LogP contribution in [0.1, 0.15) is 34.1 Å². The standard InChI is InChI=1S/C11H25NO3Si/c1-9(8-10(13)12(5)14)15-16(6,7)11(2,3)4/h9,14H,8H2,1-7H3/t9-/m1/s1. The summed E-state index contributed by atoms with van der Waals surface area (Å²) in [5.74, 6) is -0.314. The fraction of sp³-hybridized carbons (Fsp3) is 0.909. The summed E-state index contributed by atoms with van der Waals surface area (Å²) in [7, 11) is -0.487. The number of amides is 1. The molecular formula is C11H25NO3Si. The maximum absolute atomic E-state index is 11.3. The van der Waals surface area contributed by atoms with E-state index in [9.17, 15) is 4.79 Å². The first-order valence-electron chi connectivity index (χ1n) is 5.60. The Labute approximate surface area is 99.7 Å². The molecule has 4 nitrogen and oxygen atoms in total. The first-order valence-corrected chi connectivity index (χ1v) is 8.51. The Bertz CT molecular complexity index is 246. The lowest BCUT2D eigenvalue weighted by Gasteiger charge is -2.38. The van der Waals surface area contributed by atoms with Crippen molar-refractivity contribution in [1.29, 1.82) is 0 Å². The monoisotopic (exact) mass is 247 g/mol. The first-order chi connectivity index (χ1) is 6.97. The van der Waals surface area contributed by atoms with Crippen LogP contribution in [0, 0.1) is 0 Å². The van der Waals surface area contributed by atoms with Gasteiger partial charge in [0.15, 0.2) is 8.32 Å². The predicted molar refractivity (Wildman–Crippen MR) is 66.9 cm³/mol. The number of hydrogen-bond donors (Lipinski definition) is 1. The first kappa shape index (κ1) is 15.6. The van der Waals surface area contributed by atoms with Crippen molar-refractivity contribution in [2.24, 2.45) is 0 Å². The van der Waals surface area contributed by atoms with Crippen LogP contribution in [-0.2, 0) is 9.22 Å². The van der Waals surface area contributed by atoms with Gasteiger partial charge in [0.2, 0.25) is 5.91 Å². The molecular weight excluding hydrogens is 222 g/mol. The van der Waals surface area contributed by atoms with Crippen molar-refractivity contribution < 1.29 is 14.4 Å². The van der Waals surface area contributed by atoms with E-state index in [1.54, 1.807) is 0 Å². The van der Waals surface area contributed by atoms with Crippen LogP contribution >= 0.6 is 0 Å². The molecule has 0 aliphatic carbocycles. The maximum atomic E-state index is 11.3. The minimum Gasteiger partial charge on any atom is -0.414 e. The number of hydroxylamine groups is 2. The lowest BCUT2D eigenvalue weighted by molar-refractivity contribution is -0.160. The Balaban J connectivity index is 4.35. The van der Waals surface area contributed by atoms with Crippen LogP contribution in [0.4, 0.5) is 0 Å². The molecule has 0 aliphatic heterocycles. The molecule has 0 aromatic heterocycles. The number of hydrogen-bond acceptors (Lipinski definition) is 3. The van der Waals surface area contributed by atoms with E-state index in [4.69, 9.17) is 9.63 Å². The molecule has 16 heavy (non-hydrogen) atoms. The Morgan fingerprint density at radius 1 is 1.44 bits per heavy atom. The second-order valence-electron chi connectivity index (χ2n) is 5.81. The minimum atomic E-state index is -1.82. The van der Waals surface area contributed by atoms with Gasteiger partial charge in [-0.3, -0.25) is 10.0 Å².